The van der Waals surface area contributed by atoms with Crippen molar-refractivity contribution in [1.82, 2.24) is 0 Å². The largest absolute Gasteiger partial charge is 0.309 e. The maximum atomic E-state index is 2.58. The van der Waals surface area contributed by atoms with Crippen LogP contribution in [0.2, 0.25) is 0 Å². The number of anilines is 3. The molecule has 0 fully saturated rings. The topological polar surface area (TPSA) is 3.24 Å². The molecule has 1 nitrogen and oxygen atoms in total. The van der Waals surface area contributed by atoms with Gasteiger partial charge in [-0.2, -0.15) is 0 Å². The molecule has 0 aromatic heterocycles. The van der Waals surface area contributed by atoms with E-state index in [1.807, 2.05) is 0 Å². The van der Waals surface area contributed by atoms with E-state index in [4.69, 9.17) is 0 Å². The fourth-order valence-corrected chi connectivity index (χ4v) is 11.3. The number of hydrogen-bond donors (Lipinski definition) is 0. The van der Waals surface area contributed by atoms with Crippen LogP contribution in [-0.2, 0) is 10.8 Å². The van der Waals surface area contributed by atoms with Gasteiger partial charge in [-0.05, 0) is 119 Å². The summed E-state index contributed by atoms with van der Waals surface area (Å²) in [6.45, 7) is 9.54. The highest BCUT2D eigenvalue weighted by Gasteiger charge is 2.39. The Morgan fingerprint density at radius 1 is 0.277 bits per heavy atom. The molecule has 12 rings (SSSR count). The summed E-state index contributed by atoms with van der Waals surface area (Å²) in [4.78, 5) is 2.58. The summed E-state index contributed by atoms with van der Waals surface area (Å²) < 4.78 is 0. The fraction of sp³-hybridized carbons (Fsp3) is 0.0938. The molecule has 0 atom stereocenters. The summed E-state index contributed by atoms with van der Waals surface area (Å²) in [7, 11) is 0. The maximum absolute atomic E-state index is 2.58. The summed E-state index contributed by atoms with van der Waals surface area (Å²) >= 11 is 0. The fourth-order valence-electron chi connectivity index (χ4n) is 11.3. The average molecular weight is 832 g/mol. The third kappa shape index (κ3) is 6.06. The normalized spacial score (nSPS) is 13.8. The van der Waals surface area contributed by atoms with Crippen LogP contribution in [0.25, 0.3) is 77.5 Å². The summed E-state index contributed by atoms with van der Waals surface area (Å²) in [6.07, 6.45) is 0. The molecule has 2 aliphatic carbocycles. The summed E-state index contributed by atoms with van der Waals surface area (Å²) in [5, 5.41) is 2.46. The van der Waals surface area contributed by atoms with E-state index in [2.05, 4.69) is 257 Å². The lowest BCUT2D eigenvalue weighted by molar-refractivity contribution is 0.660. The van der Waals surface area contributed by atoms with Gasteiger partial charge in [-0.3, -0.25) is 0 Å². The third-order valence-electron chi connectivity index (χ3n) is 14.5. The molecule has 2 aliphatic rings. The lowest BCUT2D eigenvalue weighted by Gasteiger charge is -2.33. The minimum absolute atomic E-state index is 0.162. The third-order valence-corrected chi connectivity index (χ3v) is 14.5. The summed E-state index contributed by atoms with van der Waals surface area (Å²) in [5.41, 5.74) is 23.3. The van der Waals surface area contributed by atoms with Crippen LogP contribution in [0, 0.1) is 0 Å². The van der Waals surface area contributed by atoms with Gasteiger partial charge in [0.1, 0.15) is 0 Å². The molecule has 0 aliphatic heterocycles. The molecule has 0 saturated carbocycles. The SMILES string of the molecule is CC1(C)c2ccccc2-c2ccc(N(c3cccc(-c4ccccc4)c3-c3ccccc3)c3cccc(-c4ccc5ccccc5c4)c3-c3cccc4c3-c3ccccc3C4(C)C)cc21. The van der Waals surface area contributed by atoms with Crippen LogP contribution in [0.15, 0.2) is 224 Å². The van der Waals surface area contributed by atoms with E-state index in [1.165, 1.54) is 99.8 Å². The Morgan fingerprint density at radius 3 is 1.52 bits per heavy atom. The zero-order valence-electron chi connectivity index (χ0n) is 37.3. The van der Waals surface area contributed by atoms with Gasteiger partial charge in [-0.25, -0.2) is 0 Å². The van der Waals surface area contributed by atoms with Gasteiger partial charge >= 0.3 is 0 Å². The molecule has 0 saturated heterocycles. The van der Waals surface area contributed by atoms with Gasteiger partial charge in [-0.1, -0.05) is 222 Å². The molecule has 0 bridgehead atoms. The Hall–Kier alpha value is -7.74. The predicted octanol–water partition coefficient (Wildman–Crippen LogP) is 17.6. The number of nitrogens with zero attached hydrogens (tertiary/aromatic N) is 1. The Kier molecular flexibility index (Phi) is 8.94. The van der Waals surface area contributed by atoms with Crippen molar-refractivity contribution in [2.45, 2.75) is 38.5 Å². The number of hydrogen-bond acceptors (Lipinski definition) is 1. The molecule has 0 spiro atoms. The zero-order chi connectivity index (χ0) is 43.9. The Balaban J connectivity index is 1.22. The van der Waals surface area contributed by atoms with Crippen molar-refractivity contribution in [2.24, 2.45) is 0 Å². The van der Waals surface area contributed by atoms with Crippen LogP contribution in [0.1, 0.15) is 49.9 Å². The highest BCUT2D eigenvalue weighted by Crippen LogP contribution is 2.57. The van der Waals surface area contributed by atoms with Gasteiger partial charge in [0.15, 0.2) is 0 Å². The molecule has 10 aromatic carbocycles. The van der Waals surface area contributed by atoms with Crippen LogP contribution < -0.4 is 4.90 Å². The van der Waals surface area contributed by atoms with Crippen molar-refractivity contribution in [3.63, 3.8) is 0 Å². The summed E-state index contributed by atoms with van der Waals surface area (Å²) in [6, 6.07) is 83.7. The molecular formula is C64H49N. The number of fused-ring (bicyclic) bond motifs is 7. The smallest absolute Gasteiger partial charge is 0.0546 e. The molecule has 0 N–H and O–H groups in total. The van der Waals surface area contributed by atoms with Crippen molar-refractivity contribution in [1.29, 1.82) is 0 Å². The van der Waals surface area contributed by atoms with E-state index in [0.29, 0.717) is 0 Å². The highest BCUT2D eigenvalue weighted by molar-refractivity contribution is 6.07. The van der Waals surface area contributed by atoms with E-state index in [0.717, 1.165) is 17.1 Å². The van der Waals surface area contributed by atoms with E-state index < -0.39 is 0 Å². The quantitative estimate of drug-likeness (QED) is 0.155. The lowest BCUT2D eigenvalue weighted by Crippen LogP contribution is -2.17. The molecule has 310 valence electrons. The van der Waals surface area contributed by atoms with E-state index in [9.17, 15) is 0 Å². The minimum Gasteiger partial charge on any atom is -0.309 e. The van der Waals surface area contributed by atoms with Crippen LogP contribution in [0.3, 0.4) is 0 Å². The van der Waals surface area contributed by atoms with Crippen molar-refractivity contribution in [3.05, 3.63) is 247 Å². The van der Waals surface area contributed by atoms with Crippen LogP contribution in [0.5, 0.6) is 0 Å². The van der Waals surface area contributed by atoms with Crippen LogP contribution in [0.4, 0.5) is 17.1 Å². The standard InChI is InChI=1S/C64H49N/c1-63(2)55-32-16-14-27-52(55)61-53(30-17-33-56(61)63)62-49(46-37-36-42-20-11-12-25-45(42)40-46)29-19-35-59(62)65(47-38-39-51-50-26-13-15-31-54(50)64(3,4)57(51)41-47)58-34-18-28-48(43-21-7-5-8-22-43)60(58)44-23-9-6-10-24-44/h5-41H,1-4H3. The lowest BCUT2D eigenvalue weighted by atomic mass is 9.81. The second kappa shape index (κ2) is 14.9. The van der Waals surface area contributed by atoms with Crippen molar-refractivity contribution < 1.29 is 0 Å². The Labute approximate surface area is 383 Å². The summed E-state index contributed by atoms with van der Waals surface area (Å²) in [5.74, 6) is 0. The van der Waals surface area contributed by atoms with E-state index >= 15 is 0 Å². The van der Waals surface area contributed by atoms with Crippen molar-refractivity contribution >= 4 is 27.8 Å². The molecule has 0 heterocycles. The maximum Gasteiger partial charge on any atom is 0.0546 e. The first kappa shape index (κ1) is 38.9. The van der Waals surface area contributed by atoms with Gasteiger partial charge in [0.25, 0.3) is 0 Å². The van der Waals surface area contributed by atoms with Gasteiger partial charge in [0.05, 0.1) is 11.4 Å². The van der Waals surface area contributed by atoms with Gasteiger partial charge in [-0.15, -0.1) is 0 Å². The average Bonchev–Trinajstić information content (AvgIpc) is 3.73. The van der Waals surface area contributed by atoms with E-state index in [1.54, 1.807) is 0 Å². The second-order valence-corrected chi connectivity index (χ2v) is 18.8. The molecule has 1 heteroatoms. The molecule has 10 aromatic rings. The first-order valence-electron chi connectivity index (χ1n) is 22.9. The first-order chi connectivity index (χ1) is 31.8. The van der Waals surface area contributed by atoms with Crippen LogP contribution >= 0.6 is 0 Å². The van der Waals surface area contributed by atoms with Crippen molar-refractivity contribution in [3.8, 4) is 66.8 Å². The van der Waals surface area contributed by atoms with Crippen molar-refractivity contribution in [2.75, 3.05) is 4.90 Å². The van der Waals surface area contributed by atoms with Crippen LogP contribution in [-0.4, -0.2) is 0 Å². The molecule has 0 radical (unpaired) electrons. The first-order valence-corrected chi connectivity index (χ1v) is 22.9. The monoisotopic (exact) mass is 831 g/mol. The number of benzene rings is 10. The minimum atomic E-state index is -0.187. The molecule has 0 unspecified atom stereocenters. The predicted molar refractivity (Wildman–Crippen MR) is 276 cm³/mol. The van der Waals surface area contributed by atoms with Gasteiger partial charge in [0, 0.05) is 27.6 Å². The second-order valence-electron chi connectivity index (χ2n) is 18.8. The van der Waals surface area contributed by atoms with E-state index in [-0.39, 0.29) is 10.8 Å². The molecule has 65 heavy (non-hydrogen) atoms. The van der Waals surface area contributed by atoms with Gasteiger partial charge < -0.3 is 4.90 Å². The Bertz CT molecular complexity index is 3480. The van der Waals surface area contributed by atoms with Gasteiger partial charge in [0.2, 0.25) is 0 Å². The Morgan fingerprint density at radius 2 is 0.785 bits per heavy atom. The zero-order valence-corrected chi connectivity index (χ0v) is 37.3. The molecular weight excluding hydrogens is 783 g/mol. The highest BCUT2D eigenvalue weighted by atomic mass is 15.1. The number of rotatable bonds is 7. The molecule has 0 amide bonds.